The molecule has 1 aromatic heterocycles. The Hall–Kier alpha value is -1.43. The smallest absolute Gasteiger partial charge is 0.323 e. The number of hydrogen-bond acceptors (Lipinski definition) is 4. The average molecular weight is 240 g/mol. The lowest BCUT2D eigenvalue weighted by Crippen LogP contribution is -2.31. The van der Waals surface area contributed by atoms with E-state index in [1.807, 2.05) is 0 Å². The number of nitrogens with zero attached hydrogens (tertiary/aromatic N) is 2. The summed E-state index contributed by atoms with van der Waals surface area (Å²) in [6, 6.07) is 0. The summed E-state index contributed by atoms with van der Waals surface area (Å²) in [6.07, 6.45) is 3.83. The van der Waals surface area contributed by atoms with Crippen molar-refractivity contribution < 1.29 is 14.7 Å². The van der Waals surface area contributed by atoms with Crippen LogP contribution in [0.2, 0.25) is 0 Å². The van der Waals surface area contributed by atoms with Gasteiger partial charge in [0.15, 0.2) is 0 Å². The molecule has 1 saturated carbocycles. The molecular formula is C10H12N2O3S. The van der Waals surface area contributed by atoms with Gasteiger partial charge in [-0.15, -0.1) is 11.3 Å². The molecule has 1 amide bonds. The quantitative estimate of drug-likeness (QED) is 0.857. The molecule has 0 unspecified atom stereocenters. The molecule has 2 rings (SSSR count). The fourth-order valence-corrected chi connectivity index (χ4v) is 2.45. The van der Waals surface area contributed by atoms with E-state index < -0.39 is 5.97 Å². The van der Waals surface area contributed by atoms with Gasteiger partial charge in [0.05, 0.1) is 11.2 Å². The van der Waals surface area contributed by atoms with Crippen LogP contribution in [0.5, 0.6) is 0 Å². The molecule has 1 aliphatic rings. The van der Waals surface area contributed by atoms with Crippen LogP contribution < -0.4 is 0 Å². The first-order valence-electron chi connectivity index (χ1n) is 5.01. The molecule has 0 aromatic carbocycles. The molecule has 6 heteroatoms. The molecular weight excluding hydrogens is 228 g/mol. The Balaban J connectivity index is 2.04. The summed E-state index contributed by atoms with van der Waals surface area (Å²) in [6.45, 7) is -0.282. The average Bonchev–Trinajstić information content (AvgIpc) is 2.95. The van der Waals surface area contributed by atoms with E-state index >= 15 is 0 Å². The highest BCUT2D eigenvalue weighted by Crippen LogP contribution is 2.41. The maximum Gasteiger partial charge on any atom is 0.323 e. The highest BCUT2D eigenvalue weighted by Gasteiger charge is 2.28. The van der Waals surface area contributed by atoms with Crippen molar-refractivity contribution in [2.75, 3.05) is 13.6 Å². The number of likely N-dealkylation sites (N-methyl/N-ethyl adjacent to an activating group) is 1. The van der Waals surface area contributed by atoms with Gasteiger partial charge in [0.1, 0.15) is 11.4 Å². The van der Waals surface area contributed by atoms with Gasteiger partial charge in [-0.05, 0) is 12.8 Å². The second-order valence-corrected chi connectivity index (χ2v) is 4.95. The molecule has 1 heterocycles. The van der Waals surface area contributed by atoms with Crippen LogP contribution >= 0.6 is 11.3 Å². The molecule has 0 radical (unpaired) electrons. The van der Waals surface area contributed by atoms with Crippen LogP contribution in [0.1, 0.15) is 33.4 Å². The standard InChI is InChI=1S/C10H12N2O3S/c1-12(5-8(13)14)10(15)7-4-11-9(16-7)6-2-3-6/h4,6H,2-3,5H2,1H3,(H,13,14). The predicted octanol–water partition coefficient (Wildman–Crippen LogP) is 1.18. The van der Waals surface area contributed by atoms with Gasteiger partial charge in [0, 0.05) is 13.0 Å². The van der Waals surface area contributed by atoms with Gasteiger partial charge in [-0.3, -0.25) is 9.59 Å². The van der Waals surface area contributed by atoms with E-state index in [4.69, 9.17) is 5.11 Å². The number of aliphatic carboxylic acids is 1. The molecule has 5 nitrogen and oxygen atoms in total. The zero-order valence-electron chi connectivity index (χ0n) is 8.84. The number of carbonyl (C=O) groups excluding carboxylic acids is 1. The van der Waals surface area contributed by atoms with Gasteiger partial charge >= 0.3 is 5.97 Å². The number of amides is 1. The fraction of sp³-hybridized carbons (Fsp3) is 0.500. The molecule has 0 spiro atoms. The second kappa shape index (κ2) is 4.21. The number of thiazole rings is 1. The molecule has 1 fully saturated rings. The predicted molar refractivity (Wildman–Crippen MR) is 58.7 cm³/mol. The number of carbonyl (C=O) groups is 2. The fourth-order valence-electron chi connectivity index (χ4n) is 1.37. The summed E-state index contributed by atoms with van der Waals surface area (Å²) in [4.78, 5) is 28.1. The van der Waals surface area contributed by atoms with E-state index in [9.17, 15) is 9.59 Å². The van der Waals surface area contributed by atoms with Crippen molar-refractivity contribution >= 4 is 23.2 Å². The summed E-state index contributed by atoms with van der Waals surface area (Å²) in [5.74, 6) is -0.758. The Morgan fingerprint density at radius 1 is 1.62 bits per heavy atom. The van der Waals surface area contributed by atoms with Crippen molar-refractivity contribution in [2.45, 2.75) is 18.8 Å². The van der Waals surface area contributed by atoms with E-state index in [1.165, 1.54) is 23.3 Å². The number of rotatable bonds is 4. The first-order chi connectivity index (χ1) is 7.58. The Bertz CT molecular complexity index is 425. The van der Waals surface area contributed by atoms with Crippen LogP contribution in [0.3, 0.4) is 0 Å². The third-order valence-electron chi connectivity index (χ3n) is 2.38. The van der Waals surface area contributed by atoms with Gasteiger partial charge in [-0.25, -0.2) is 4.98 Å². The van der Waals surface area contributed by atoms with Crippen LogP contribution in [0.4, 0.5) is 0 Å². The Labute approximate surface area is 96.7 Å². The largest absolute Gasteiger partial charge is 0.480 e. The van der Waals surface area contributed by atoms with Gasteiger partial charge < -0.3 is 10.0 Å². The van der Waals surface area contributed by atoms with Crippen LogP contribution in [0.15, 0.2) is 6.20 Å². The van der Waals surface area contributed by atoms with E-state index in [0.29, 0.717) is 10.8 Å². The molecule has 0 bridgehead atoms. The topological polar surface area (TPSA) is 70.5 Å². The van der Waals surface area contributed by atoms with Gasteiger partial charge in [0.25, 0.3) is 5.91 Å². The minimum Gasteiger partial charge on any atom is -0.480 e. The van der Waals surface area contributed by atoms with Crippen molar-refractivity contribution in [3.8, 4) is 0 Å². The van der Waals surface area contributed by atoms with Gasteiger partial charge in [-0.2, -0.15) is 0 Å². The lowest BCUT2D eigenvalue weighted by Gasteiger charge is -2.12. The highest BCUT2D eigenvalue weighted by atomic mass is 32.1. The Morgan fingerprint density at radius 2 is 2.31 bits per heavy atom. The van der Waals surface area contributed by atoms with Gasteiger partial charge in [0.2, 0.25) is 0 Å². The van der Waals surface area contributed by atoms with Crippen LogP contribution in [-0.2, 0) is 4.79 Å². The first kappa shape index (κ1) is 11.1. The van der Waals surface area contributed by atoms with Crippen molar-refractivity contribution in [3.63, 3.8) is 0 Å². The monoisotopic (exact) mass is 240 g/mol. The molecule has 86 valence electrons. The van der Waals surface area contributed by atoms with Crippen molar-refractivity contribution in [1.29, 1.82) is 0 Å². The lowest BCUT2D eigenvalue weighted by atomic mass is 10.4. The Kier molecular flexibility index (Phi) is 2.91. The minimum atomic E-state index is -1.01. The van der Waals surface area contributed by atoms with Crippen LogP contribution in [0.25, 0.3) is 0 Å². The summed E-state index contributed by atoms with van der Waals surface area (Å²) in [5, 5.41) is 9.57. The molecule has 16 heavy (non-hydrogen) atoms. The van der Waals surface area contributed by atoms with E-state index in [1.54, 1.807) is 6.20 Å². The molecule has 0 saturated heterocycles. The highest BCUT2D eigenvalue weighted by molar-refractivity contribution is 7.13. The zero-order valence-corrected chi connectivity index (χ0v) is 9.66. The molecule has 0 aliphatic heterocycles. The maximum absolute atomic E-state index is 11.8. The minimum absolute atomic E-state index is 0.271. The number of carboxylic acid groups (broad SMARTS) is 1. The number of aromatic nitrogens is 1. The molecule has 1 aromatic rings. The summed E-state index contributed by atoms with van der Waals surface area (Å²) in [5.41, 5.74) is 0. The molecule has 1 aliphatic carbocycles. The number of carboxylic acids is 1. The van der Waals surface area contributed by atoms with E-state index in [0.717, 1.165) is 17.8 Å². The normalized spacial score (nSPS) is 14.8. The van der Waals surface area contributed by atoms with Crippen molar-refractivity contribution in [1.82, 2.24) is 9.88 Å². The number of hydrogen-bond donors (Lipinski definition) is 1. The lowest BCUT2D eigenvalue weighted by molar-refractivity contribution is -0.137. The van der Waals surface area contributed by atoms with E-state index in [-0.39, 0.29) is 12.5 Å². The summed E-state index contributed by atoms with van der Waals surface area (Å²) < 4.78 is 0. The first-order valence-corrected chi connectivity index (χ1v) is 5.82. The maximum atomic E-state index is 11.8. The summed E-state index contributed by atoms with van der Waals surface area (Å²) in [7, 11) is 1.48. The van der Waals surface area contributed by atoms with Crippen LogP contribution in [-0.4, -0.2) is 40.5 Å². The van der Waals surface area contributed by atoms with Crippen molar-refractivity contribution in [2.24, 2.45) is 0 Å². The second-order valence-electron chi connectivity index (χ2n) is 3.89. The zero-order chi connectivity index (χ0) is 11.7. The molecule has 1 N–H and O–H groups in total. The third kappa shape index (κ3) is 2.38. The van der Waals surface area contributed by atoms with Crippen molar-refractivity contribution in [3.05, 3.63) is 16.1 Å². The van der Waals surface area contributed by atoms with Crippen LogP contribution in [0, 0.1) is 0 Å². The van der Waals surface area contributed by atoms with E-state index in [2.05, 4.69) is 4.98 Å². The SMILES string of the molecule is CN(CC(=O)O)C(=O)c1cnc(C2CC2)s1. The third-order valence-corrected chi connectivity index (χ3v) is 3.53. The summed E-state index contributed by atoms with van der Waals surface area (Å²) >= 11 is 1.37. The Morgan fingerprint density at radius 3 is 2.88 bits per heavy atom. The molecule has 0 atom stereocenters. The van der Waals surface area contributed by atoms with Gasteiger partial charge in [-0.1, -0.05) is 0 Å².